The number of nitrogens with zero attached hydrogens (tertiary/aromatic N) is 2. The van der Waals surface area contributed by atoms with Crippen molar-refractivity contribution in [2.45, 2.75) is 37.9 Å². The van der Waals surface area contributed by atoms with Crippen molar-refractivity contribution in [1.82, 2.24) is 9.80 Å². The summed E-state index contributed by atoms with van der Waals surface area (Å²) in [6.07, 6.45) is 2.93. The molecule has 0 N–H and O–H groups in total. The molecule has 3 rings (SSSR count). The highest BCUT2D eigenvalue weighted by molar-refractivity contribution is 5.92. The molecule has 1 amide bonds. The molecule has 0 aliphatic carbocycles. The monoisotopic (exact) mass is 352 g/mol. The van der Waals surface area contributed by atoms with E-state index in [2.05, 4.69) is 4.90 Å². The third kappa shape index (κ3) is 4.63. The van der Waals surface area contributed by atoms with E-state index in [9.17, 15) is 18.0 Å². The number of halogens is 3. The molecule has 2 fully saturated rings. The highest BCUT2D eigenvalue weighted by Gasteiger charge is 2.31. The minimum atomic E-state index is -4.37. The van der Waals surface area contributed by atoms with E-state index in [-0.39, 0.29) is 11.9 Å². The summed E-state index contributed by atoms with van der Waals surface area (Å²) < 4.78 is 38.3. The fraction of sp³-hybridized carbons (Fsp3) is 0.526. The van der Waals surface area contributed by atoms with Crippen LogP contribution in [-0.4, -0.2) is 47.9 Å². The zero-order valence-electron chi connectivity index (χ0n) is 14.1. The van der Waals surface area contributed by atoms with Crippen molar-refractivity contribution in [3.63, 3.8) is 0 Å². The van der Waals surface area contributed by atoms with Gasteiger partial charge in [-0.1, -0.05) is 12.1 Å². The number of likely N-dealkylation sites (tertiary alicyclic amines) is 2. The molecule has 2 heterocycles. The van der Waals surface area contributed by atoms with Crippen LogP contribution in [0.2, 0.25) is 0 Å². The molecule has 136 valence electrons. The van der Waals surface area contributed by atoms with E-state index in [0.29, 0.717) is 5.56 Å². The van der Waals surface area contributed by atoms with Crippen LogP contribution in [0, 0.1) is 0 Å². The van der Waals surface area contributed by atoms with E-state index in [0.717, 1.165) is 51.2 Å². The summed E-state index contributed by atoms with van der Waals surface area (Å²) in [5, 5.41) is 0. The fourth-order valence-corrected chi connectivity index (χ4v) is 3.66. The second-order valence-electron chi connectivity index (χ2n) is 6.79. The molecule has 0 bridgehead atoms. The van der Waals surface area contributed by atoms with Crippen LogP contribution in [0.15, 0.2) is 30.3 Å². The zero-order chi connectivity index (χ0) is 17.9. The maximum atomic E-state index is 12.8. The average Bonchev–Trinajstić information content (AvgIpc) is 3.24. The number of hydrogen-bond acceptors (Lipinski definition) is 2. The third-order valence-electron chi connectivity index (χ3n) is 4.96. The number of amides is 1. The first-order chi connectivity index (χ1) is 11.9. The molecule has 0 saturated carbocycles. The predicted molar refractivity (Wildman–Crippen MR) is 90.9 cm³/mol. The van der Waals surface area contributed by atoms with Crippen LogP contribution in [0.5, 0.6) is 0 Å². The van der Waals surface area contributed by atoms with Gasteiger partial charge in [-0.05, 0) is 62.5 Å². The van der Waals surface area contributed by atoms with Gasteiger partial charge in [-0.25, -0.2) is 0 Å². The second kappa shape index (κ2) is 7.60. The highest BCUT2D eigenvalue weighted by Crippen LogP contribution is 2.29. The molecular weight excluding hydrogens is 329 g/mol. The summed E-state index contributed by atoms with van der Waals surface area (Å²) in [5.74, 6) is -0.112. The van der Waals surface area contributed by atoms with E-state index in [1.54, 1.807) is 6.07 Å². The topological polar surface area (TPSA) is 23.6 Å². The predicted octanol–water partition coefficient (Wildman–Crippen LogP) is 3.81. The molecule has 3 nitrogen and oxygen atoms in total. The van der Waals surface area contributed by atoms with Gasteiger partial charge >= 0.3 is 6.18 Å². The Hall–Kier alpha value is -1.82. The van der Waals surface area contributed by atoms with Crippen molar-refractivity contribution in [2.75, 3.05) is 26.2 Å². The Morgan fingerprint density at radius 2 is 1.92 bits per heavy atom. The Morgan fingerprint density at radius 3 is 2.64 bits per heavy atom. The Morgan fingerprint density at radius 1 is 1.16 bits per heavy atom. The average molecular weight is 352 g/mol. The van der Waals surface area contributed by atoms with Gasteiger partial charge in [0.15, 0.2) is 0 Å². The lowest BCUT2D eigenvalue weighted by atomic mass is 10.1. The van der Waals surface area contributed by atoms with Crippen molar-refractivity contribution < 1.29 is 18.0 Å². The first-order valence-corrected chi connectivity index (χ1v) is 8.82. The van der Waals surface area contributed by atoms with Gasteiger partial charge in [0.25, 0.3) is 0 Å². The fourth-order valence-electron chi connectivity index (χ4n) is 3.66. The molecule has 1 unspecified atom stereocenters. The van der Waals surface area contributed by atoms with Crippen molar-refractivity contribution in [3.05, 3.63) is 41.5 Å². The maximum Gasteiger partial charge on any atom is 0.416 e. The molecule has 6 heteroatoms. The van der Waals surface area contributed by atoms with Crippen LogP contribution < -0.4 is 0 Å². The minimum absolute atomic E-state index is 0.112. The van der Waals surface area contributed by atoms with Gasteiger partial charge in [-0.15, -0.1) is 0 Å². The Labute approximate surface area is 146 Å². The molecule has 2 aliphatic rings. The van der Waals surface area contributed by atoms with E-state index in [4.69, 9.17) is 0 Å². The normalized spacial score (nSPS) is 22.2. The van der Waals surface area contributed by atoms with Gasteiger partial charge in [0.05, 0.1) is 5.56 Å². The van der Waals surface area contributed by atoms with Gasteiger partial charge < -0.3 is 9.80 Å². The zero-order valence-corrected chi connectivity index (χ0v) is 14.1. The summed E-state index contributed by atoms with van der Waals surface area (Å²) in [6.45, 7) is 3.82. The standard InChI is InChI=1S/C19H23F3N2O/c20-19(21,22)16-6-3-5-15(13-16)8-9-18(25)24-12-4-7-17(24)14-23-10-1-2-11-23/h3,5-6,8-9,13,17H,1-2,4,7,10-12,14H2. The van der Waals surface area contributed by atoms with E-state index >= 15 is 0 Å². The Balaban J connectivity index is 1.63. The first-order valence-electron chi connectivity index (χ1n) is 8.82. The van der Waals surface area contributed by atoms with Crippen LogP contribution in [-0.2, 0) is 11.0 Å². The highest BCUT2D eigenvalue weighted by atomic mass is 19.4. The smallest absolute Gasteiger partial charge is 0.335 e. The van der Waals surface area contributed by atoms with Crippen molar-refractivity contribution in [2.24, 2.45) is 0 Å². The number of carbonyl (C=O) groups excluding carboxylic acids is 1. The minimum Gasteiger partial charge on any atom is -0.335 e. The maximum absolute atomic E-state index is 12.8. The summed E-state index contributed by atoms with van der Waals surface area (Å²) in [7, 11) is 0. The molecule has 1 atom stereocenters. The van der Waals surface area contributed by atoms with Crippen molar-refractivity contribution in [3.8, 4) is 0 Å². The quantitative estimate of drug-likeness (QED) is 0.770. The number of rotatable bonds is 4. The van der Waals surface area contributed by atoms with Crippen LogP contribution in [0.25, 0.3) is 6.08 Å². The van der Waals surface area contributed by atoms with Gasteiger partial charge in [-0.3, -0.25) is 4.79 Å². The van der Waals surface area contributed by atoms with Gasteiger partial charge in [-0.2, -0.15) is 13.2 Å². The molecule has 0 aromatic heterocycles. The Kier molecular flexibility index (Phi) is 5.47. The lowest BCUT2D eigenvalue weighted by Gasteiger charge is -2.27. The van der Waals surface area contributed by atoms with Crippen LogP contribution >= 0.6 is 0 Å². The number of benzene rings is 1. The molecule has 2 aliphatic heterocycles. The summed E-state index contributed by atoms with van der Waals surface area (Å²) in [6, 6.07) is 5.25. The van der Waals surface area contributed by atoms with E-state index in [1.165, 1.54) is 31.1 Å². The van der Waals surface area contributed by atoms with E-state index in [1.807, 2.05) is 4.90 Å². The van der Waals surface area contributed by atoms with Gasteiger partial charge in [0, 0.05) is 25.2 Å². The molecule has 0 spiro atoms. The number of carbonyl (C=O) groups is 1. The lowest BCUT2D eigenvalue weighted by Crippen LogP contribution is -2.41. The number of hydrogen-bond donors (Lipinski definition) is 0. The van der Waals surface area contributed by atoms with Crippen molar-refractivity contribution >= 4 is 12.0 Å². The lowest BCUT2D eigenvalue weighted by molar-refractivity contribution is -0.137. The number of alkyl halides is 3. The second-order valence-corrected chi connectivity index (χ2v) is 6.79. The SMILES string of the molecule is O=C(C=Cc1cccc(C(F)(F)F)c1)N1CCCC1CN1CCCC1. The summed E-state index contributed by atoms with van der Waals surface area (Å²) in [5.41, 5.74) is -0.311. The largest absolute Gasteiger partial charge is 0.416 e. The summed E-state index contributed by atoms with van der Waals surface area (Å²) >= 11 is 0. The van der Waals surface area contributed by atoms with Gasteiger partial charge in [0.2, 0.25) is 5.91 Å². The third-order valence-corrected chi connectivity index (χ3v) is 4.96. The Bertz CT molecular complexity index is 636. The van der Waals surface area contributed by atoms with Crippen molar-refractivity contribution in [1.29, 1.82) is 0 Å². The van der Waals surface area contributed by atoms with Crippen LogP contribution in [0.4, 0.5) is 13.2 Å². The molecular formula is C19H23F3N2O. The molecule has 25 heavy (non-hydrogen) atoms. The molecule has 1 aromatic carbocycles. The van der Waals surface area contributed by atoms with Gasteiger partial charge in [0.1, 0.15) is 0 Å². The first kappa shape index (κ1) is 18.0. The molecule has 2 saturated heterocycles. The molecule has 1 aromatic rings. The van der Waals surface area contributed by atoms with Crippen LogP contribution in [0.3, 0.4) is 0 Å². The molecule has 0 radical (unpaired) electrons. The van der Waals surface area contributed by atoms with E-state index < -0.39 is 11.7 Å². The summed E-state index contributed by atoms with van der Waals surface area (Å²) in [4.78, 5) is 16.7. The van der Waals surface area contributed by atoms with Crippen LogP contribution in [0.1, 0.15) is 36.8 Å².